The van der Waals surface area contributed by atoms with Crippen molar-refractivity contribution >= 4 is 23.5 Å². The second-order valence-electron chi connectivity index (χ2n) is 6.92. The normalized spacial score (nSPS) is 13.5. The topological polar surface area (TPSA) is 104 Å². The van der Waals surface area contributed by atoms with Crippen LogP contribution in [-0.2, 0) is 22.6 Å². The van der Waals surface area contributed by atoms with Crippen molar-refractivity contribution in [3.05, 3.63) is 53.1 Å². The zero-order valence-corrected chi connectivity index (χ0v) is 16.1. The molecule has 8 heteroatoms. The molecule has 1 aromatic heterocycles. The van der Waals surface area contributed by atoms with Crippen molar-refractivity contribution < 1.29 is 19.8 Å². The van der Waals surface area contributed by atoms with Crippen molar-refractivity contribution in [3.8, 4) is 0 Å². The van der Waals surface area contributed by atoms with Crippen LogP contribution in [0.3, 0.4) is 0 Å². The predicted molar refractivity (Wildman–Crippen MR) is 102 cm³/mol. The molecule has 0 amide bonds. The molecule has 2 atom stereocenters. The Morgan fingerprint density at radius 1 is 1.15 bits per heavy atom. The monoisotopic (exact) mass is 393 g/mol. The Hall–Kier alpha value is -2.38. The number of hydrogen-bond acceptors (Lipinski definition) is 4. The second kappa shape index (κ2) is 9.53. The number of carbonyl (C=O) groups is 2. The molecule has 0 spiro atoms. The number of aromatic nitrogens is 2. The van der Waals surface area contributed by atoms with E-state index < -0.39 is 24.0 Å². The average molecular weight is 394 g/mol. The summed E-state index contributed by atoms with van der Waals surface area (Å²) in [5, 5.41) is 22.3. The number of nitrogens with zero attached hydrogens (tertiary/aromatic N) is 2. The first kappa shape index (κ1) is 20.9. The molecule has 0 saturated carbocycles. The number of rotatable bonds is 10. The van der Waals surface area contributed by atoms with Crippen molar-refractivity contribution in [2.45, 2.75) is 45.3 Å². The molecular weight excluding hydrogens is 370 g/mol. The van der Waals surface area contributed by atoms with E-state index in [-0.39, 0.29) is 12.3 Å². The molecule has 27 heavy (non-hydrogen) atoms. The highest BCUT2D eigenvalue weighted by Crippen LogP contribution is 2.14. The van der Waals surface area contributed by atoms with Crippen molar-refractivity contribution in [1.29, 1.82) is 0 Å². The molecule has 7 nitrogen and oxygen atoms in total. The van der Waals surface area contributed by atoms with Crippen LogP contribution in [-0.4, -0.2) is 43.8 Å². The SMILES string of the molecule is CC(C)CC(NC(Cc1cncn1Cc1ccc(Cl)cc1)C(=O)O)C(=O)O. The maximum Gasteiger partial charge on any atom is 0.321 e. The average Bonchev–Trinajstić information content (AvgIpc) is 3.01. The molecule has 0 radical (unpaired) electrons. The summed E-state index contributed by atoms with van der Waals surface area (Å²) in [6, 6.07) is 5.42. The fraction of sp³-hybridized carbons (Fsp3) is 0.421. The maximum atomic E-state index is 11.7. The van der Waals surface area contributed by atoms with Crippen molar-refractivity contribution in [1.82, 2.24) is 14.9 Å². The fourth-order valence-corrected chi connectivity index (χ4v) is 2.95. The lowest BCUT2D eigenvalue weighted by Gasteiger charge is -2.22. The third kappa shape index (κ3) is 6.37. The molecule has 2 rings (SSSR count). The van der Waals surface area contributed by atoms with Gasteiger partial charge in [0.2, 0.25) is 0 Å². The van der Waals surface area contributed by atoms with Gasteiger partial charge in [0.05, 0.1) is 6.33 Å². The van der Waals surface area contributed by atoms with Gasteiger partial charge in [-0.05, 0) is 30.0 Å². The number of carboxylic acids is 2. The summed E-state index contributed by atoms with van der Waals surface area (Å²) >= 11 is 5.90. The van der Waals surface area contributed by atoms with Crippen LogP contribution >= 0.6 is 11.6 Å². The minimum Gasteiger partial charge on any atom is -0.480 e. The van der Waals surface area contributed by atoms with Gasteiger partial charge in [-0.1, -0.05) is 37.6 Å². The quantitative estimate of drug-likeness (QED) is 0.573. The second-order valence-corrected chi connectivity index (χ2v) is 7.36. The van der Waals surface area contributed by atoms with Crippen molar-refractivity contribution in [3.63, 3.8) is 0 Å². The Bertz CT molecular complexity index is 774. The smallest absolute Gasteiger partial charge is 0.321 e. The Balaban J connectivity index is 2.12. The molecule has 0 aliphatic rings. The highest BCUT2D eigenvalue weighted by atomic mass is 35.5. The van der Waals surface area contributed by atoms with Gasteiger partial charge in [0.15, 0.2) is 0 Å². The molecule has 1 heterocycles. The number of benzene rings is 1. The van der Waals surface area contributed by atoms with E-state index in [1.54, 1.807) is 24.7 Å². The third-order valence-corrected chi connectivity index (χ3v) is 4.44. The lowest BCUT2D eigenvalue weighted by Crippen LogP contribution is -2.49. The number of imidazole rings is 1. The van der Waals surface area contributed by atoms with Gasteiger partial charge >= 0.3 is 11.9 Å². The zero-order valence-electron chi connectivity index (χ0n) is 15.3. The standard InChI is InChI=1S/C19H24ClN3O4/c1-12(2)7-16(18(24)25)22-17(19(26)27)8-15-9-21-11-23(15)10-13-3-5-14(20)6-4-13/h3-6,9,11-12,16-17,22H,7-8,10H2,1-2H3,(H,24,25)(H,26,27). The van der Waals surface area contributed by atoms with E-state index in [1.165, 1.54) is 0 Å². The molecule has 2 aromatic rings. The minimum absolute atomic E-state index is 0.128. The third-order valence-electron chi connectivity index (χ3n) is 4.18. The van der Waals surface area contributed by atoms with Gasteiger partial charge in [-0.15, -0.1) is 0 Å². The van der Waals surface area contributed by atoms with E-state index in [0.717, 1.165) is 5.56 Å². The molecule has 0 bridgehead atoms. The molecule has 146 valence electrons. The minimum atomic E-state index is -1.09. The molecule has 3 N–H and O–H groups in total. The van der Waals surface area contributed by atoms with Crippen LogP contribution in [0.25, 0.3) is 0 Å². The molecule has 0 aliphatic carbocycles. The summed E-state index contributed by atoms with van der Waals surface area (Å²) in [4.78, 5) is 27.2. The lowest BCUT2D eigenvalue weighted by atomic mass is 10.0. The van der Waals surface area contributed by atoms with E-state index in [0.29, 0.717) is 23.7 Å². The van der Waals surface area contributed by atoms with Crippen LogP contribution in [0.15, 0.2) is 36.8 Å². The van der Waals surface area contributed by atoms with Gasteiger partial charge in [0.1, 0.15) is 12.1 Å². The van der Waals surface area contributed by atoms with Gasteiger partial charge < -0.3 is 14.8 Å². The predicted octanol–water partition coefficient (Wildman–Crippen LogP) is 2.67. The summed E-state index contributed by atoms with van der Waals surface area (Å²) in [6.45, 7) is 4.32. The lowest BCUT2D eigenvalue weighted by molar-refractivity contribution is -0.142. The summed E-state index contributed by atoms with van der Waals surface area (Å²) in [6.07, 6.45) is 3.71. The van der Waals surface area contributed by atoms with Crippen LogP contribution < -0.4 is 5.32 Å². The summed E-state index contributed by atoms with van der Waals surface area (Å²) < 4.78 is 1.85. The van der Waals surface area contributed by atoms with Crippen LogP contribution in [0.1, 0.15) is 31.5 Å². The Kier molecular flexibility index (Phi) is 7.38. The number of carboxylic acid groups (broad SMARTS) is 2. The maximum absolute atomic E-state index is 11.7. The van der Waals surface area contributed by atoms with Crippen LogP contribution in [0.2, 0.25) is 5.02 Å². The van der Waals surface area contributed by atoms with Crippen LogP contribution in [0.4, 0.5) is 0 Å². The number of aliphatic carboxylic acids is 2. The van der Waals surface area contributed by atoms with E-state index in [2.05, 4.69) is 10.3 Å². The molecule has 0 fully saturated rings. The highest BCUT2D eigenvalue weighted by molar-refractivity contribution is 6.30. The first-order chi connectivity index (χ1) is 12.8. The molecule has 0 saturated heterocycles. The Labute approximate surface area is 163 Å². The summed E-state index contributed by atoms with van der Waals surface area (Å²) in [5.41, 5.74) is 1.71. The first-order valence-corrected chi connectivity index (χ1v) is 9.09. The summed E-state index contributed by atoms with van der Waals surface area (Å²) in [5.74, 6) is -2.02. The molecule has 1 aromatic carbocycles. The Morgan fingerprint density at radius 3 is 2.33 bits per heavy atom. The zero-order chi connectivity index (χ0) is 20.0. The molecule has 2 unspecified atom stereocenters. The number of halogens is 1. The van der Waals surface area contributed by atoms with Crippen molar-refractivity contribution in [2.24, 2.45) is 5.92 Å². The van der Waals surface area contributed by atoms with E-state index in [9.17, 15) is 19.8 Å². The number of nitrogens with one attached hydrogen (secondary N) is 1. The molecule has 0 aliphatic heterocycles. The van der Waals surface area contributed by atoms with E-state index in [4.69, 9.17) is 11.6 Å². The molecular formula is C19H24ClN3O4. The van der Waals surface area contributed by atoms with Crippen LogP contribution in [0.5, 0.6) is 0 Å². The van der Waals surface area contributed by atoms with Gasteiger partial charge in [-0.25, -0.2) is 4.98 Å². The van der Waals surface area contributed by atoms with E-state index >= 15 is 0 Å². The van der Waals surface area contributed by atoms with Crippen LogP contribution in [0, 0.1) is 5.92 Å². The van der Waals surface area contributed by atoms with Gasteiger partial charge in [0, 0.05) is 29.9 Å². The Morgan fingerprint density at radius 2 is 1.78 bits per heavy atom. The first-order valence-electron chi connectivity index (χ1n) is 8.71. The number of hydrogen-bond donors (Lipinski definition) is 3. The fourth-order valence-electron chi connectivity index (χ4n) is 2.83. The summed E-state index contributed by atoms with van der Waals surface area (Å²) in [7, 11) is 0. The van der Waals surface area contributed by atoms with Gasteiger partial charge in [0.25, 0.3) is 0 Å². The highest BCUT2D eigenvalue weighted by Gasteiger charge is 2.27. The van der Waals surface area contributed by atoms with Gasteiger partial charge in [-0.3, -0.25) is 14.9 Å². The van der Waals surface area contributed by atoms with E-state index in [1.807, 2.05) is 30.5 Å². The van der Waals surface area contributed by atoms with Gasteiger partial charge in [-0.2, -0.15) is 0 Å². The largest absolute Gasteiger partial charge is 0.480 e. The van der Waals surface area contributed by atoms with Crippen molar-refractivity contribution in [2.75, 3.05) is 0 Å².